The maximum absolute atomic E-state index is 12.0. The van der Waals surface area contributed by atoms with E-state index in [9.17, 15) is 4.79 Å². The SMILES string of the molecule is Cc1nc(=O)n(Cc2cccnc2NN)c(C)c1Br. The Morgan fingerprint density at radius 3 is 2.89 bits per heavy atom. The first kappa shape index (κ1) is 13.7. The van der Waals surface area contributed by atoms with Crippen molar-refractivity contribution in [3.8, 4) is 0 Å². The highest BCUT2D eigenvalue weighted by molar-refractivity contribution is 9.10. The molecule has 2 heterocycles. The summed E-state index contributed by atoms with van der Waals surface area (Å²) in [5.74, 6) is 5.96. The molecule has 0 aliphatic rings. The third kappa shape index (κ3) is 2.66. The fraction of sp³-hybridized carbons (Fsp3) is 0.250. The minimum atomic E-state index is -0.287. The van der Waals surface area contributed by atoms with Gasteiger partial charge in [0.25, 0.3) is 0 Å². The van der Waals surface area contributed by atoms with Crippen LogP contribution in [-0.2, 0) is 6.54 Å². The average molecular weight is 324 g/mol. The van der Waals surface area contributed by atoms with E-state index in [2.05, 4.69) is 31.3 Å². The van der Waals surface area contributed by atoms with E-state index in [4.69, 9.17) is 5.84 Å². The Balaban J connectivity index is 2.50. The van der Waals surface area contributed by atoms with Gasteiger partial charge in [0.1, 0.15) is 5.82 Å². The van der Waals surface area contributed by atoms with Crippen molar-refractivity contribution in [1.82, 2.24) is 14.5 Å². The van der Waals surface area contributed by atoms with E-state index >= 15 is 0 Å². The van der Waals surface area contributed by atoms with E-state index in [0.717, 1.165) is 15.7 Å². The zero-order valence-electron chi connectivity index (χ0n) is 10.6. The number of nitrogens with one attached hydrogen (secondary N) is 1. The molecule has 2 rings (SSSR count). The van der Waals surface area contributed by atoms with Crippen molar-refractivity contribution < 1.29 is 0 Å². The van der Waals surface area contributed by atoms with Gasteiger partial charge < -0.3 is 5.43 Å². The summed E-state index contributed by atoms with van der Waals surface area (Å²) in [6.45, 7) is 4.02. The largest absolute Gasteiger partial charge is 0.348 e. The molecule has 2 aromatic heterocycles. The van der Waals surface area contributed by atoms with E-state index in [1.807, 2.05) is 13.0 Å². The van der Waals surface area contributed by atoms with Crippen molar-refractivity contribution in [2.45, 2.75) is 20.4 Å². The van der Waals surface area contributed by atoms with E-state index in [1.54, 1.807) is 23.8 Å². The Morgan fingerprint density at radius 1 is 1.47 bits per heavy atom. The first-order valence-electron chi connectivity index (χ1n) is 5.68. The molecule has 0 atom stereocenters. The predicted molar refractivity (Wildman–Crippen MR) is 76.8 cm³/mol. The lowest BCUT2D eigenvalue weighted by Crippen LogP contribution is -2.27. The molecule has 0 spiro atoms. The monoisotopic (exact) mass is 323 g/mol. The van der Waals surface area contributed by atoms with Crippen molar-refractivity contribution in [3.05, 3.63) is 50.2 Å². The van der Waals surface area contributed by atoms with Gasteiger partial charge in [0, 0.05) is 17.5 Å². The van der Waals surface area contributed by atoms with Gasteiger partial charge in [-0.2, -0.15) is 4.98 Å². The lowest BCUT2D eigenvalue weighted by molar-refractivity contribution is 0.687. The normalized spacial score (nSPS) is 10.5. The van der Waals surface area contributed by atoms with Crippen LogP contribution in [0.3, 0.4) is 0 Å². The van der Waals surface area contributed by atoms with Crippen LogP contribution in [-0.4, -0.2) is 14.5 Å². The molecule has 0 unspecified atom stereocenters. The van der Waals surface area contributed by atoms with E-state index in [0.29, 0.717) is 18.1 Å². The van der Waals surface area contributed by atoms with E-state index < -0.39 is 0 Å². The Hall–Kier alpha value is -1.73. The Labute approximate surface area is 118 Å². The molecule has 0 saturated carbocycles. The highest BCUT2D eigenvalue weighted by Gasteiger charge is 2.11. The highest BCUT2D eigenvalue weighted by atomic mass is 79.9. The first-order chi connectivity index (χ1) is 9.04. The number of halogens is 1. The van der Waals surface area contributed by atoms with Crippen LogP contribution < -0.4 is 17.0 Å². The van der Waals surface area contributed by atoms with Crippen LogP contribution in [0.15, 0.2) is 27.6 Å². The molecular formula is C12H14BrN5O. The van der Waals surface area contributed by atoms with Gasteiger partial charge in [-0.15, -0.1) is 0 Å². The Morgan fingerprint density at radius 2 is 2.21 bits per heavy atom. The molecule has 2 aromatic rings. The van der Waals surface area contributed by atoms with Crippen LogP contribution in [0, 0.1) is 13.8 Å². The zero-order valence-corrected chi connectivity index (χ0v) is 12.2. The molecule has 0 aliphatic carbocycles. The number of nitrogens with zero attached hydrogens (tertiary/aromatic N) is 3. The van der Waals surface area contributed by atoms with Crippen molar-refractivity contribution in [2.24, 2.45) is 5.84 Å². The molecule has 0 aliphatic heterocycles. The Kier molecular flexibility index (Phi) is 3.96. The second kappa shape index (κ2) is 5.50. The summed E-state index contributed by atoms with van der Waals surface area (Å²) in [5, 5.41) is 0. The van der Waals surface area contributed by atoms with Crippen LogP contribution in [0.1, 0.15) is 17.0 Å². The summed E-state index contributed by atoms with van der Waals surface area (Å²) in [5.41, 5.74) is 4.57. The molecule has 0 bridgehead atoms. The number of hydrazine groups is 1. The number of nitrogen functional groups attached to an aromatic ring is 1. The minimum Gasteiger partial charge on any atom is -0.308 e. The average Bonchev–Trinajstić information content (AvgIpc) is 2.41. The zero-order chi connectivity index (χ0) is 14.0. The molecule has 19 heavy (non-hydrogen) atoms. The van der Waals surface area contributed by atoms with Gasteiger partial charge in [0.15, 0.2) is 0 Å². The molecule has 0 radical (unpaired) electrons. The standard InChI is InChI=1S/C12H14BrN5O/c1-7-10(13)8(2)18(12(19)16-7)6-9-4-3-5-15-11(9)17-14/h3-5H,6,14H2,1-2H3,(H,15,17). The first-order valence-corrected chi connectivity index (χ1v) is 6.48. The molecule has 0 amide bonds. The molecule has 0 aromatic carbocycles. The van der Waals surface area contributed by atoms with Crippen LogP contribution in [0.25, 0.3) is 0 Å². The molecule has 0 fully saturated rings. The maximum Gasteiger partial charge on any atom is 0.348 e. The van der Waals surface area contributed by atoms with Crippen molar-refractivity contribution in [1.29, 1.82) is 0 Å². The third-order valence-electron chi connectivity index (χ3n) is 2.89. The minimum absolute atomic E-state index is 0.287. The number of aryl methyl sites for hydroxylation is 1. The number of rotatable bonds is 3. The van der Waals surface area contributed by atoms with Crippen molar-refractivity contribution in [3.63, 3.8) is 0 Å². The molecule has 3 N–H and O–H groups in total. The van der Waals surface area contributed by atoms with Gasteiger partial charge in [-0.3, -0.25) is 4.57 Å². The summed E-state index contributed by atoms with van der Waals surface area (Å²) in [7, 11) is 0. The van der Waals surface area contributed by atoms with Crippen molar-refractivity contribution in [2.75, 3.05) is 5.43 Å². The summed E-state index contributed by atoms with van der Waals surface area (Å²) < 4.78 is 2.41. The fourth-order valence-corrected chi connectivity index (χ4v) is 2.13. The number of hydrogen-bond donors (Lipinski definition) is 2. The summed E-state index contributed by atoms with van der Waals surface area (Å²) in [6.07, 6.45) is 1.64. The number of anilines is 1. The van der Waals surface area contributed by atoms with Crippen LogP contribution in [0.4, 0.5) is 5.82 Å². The second-order valence-corrected chi connectivity index (χ2v) is 4.91. The molecule has 0 saturated heterocycles. The number of hydrogen-bond acceptors (Lipinski definition) is 5. The third-order valence-corrected chi connectivity index (χ3v) is 4.04. The number of pyridine rings is 1. The summed E-state index contributed by atoms with van der Waals surface area (Å²) in [6, 6.07) is 3.66. The molecule has 100 valence electrons. The summed E-state index contributed by atoms with van der Waals surface area (Å²) in [4.78, 5) is 20.1. The van der Waals surface area contributed by atoms with Gasteiger partial charge in [0.2, 0.25) is 0 Å². The number of nitrogens with two attached hydrogens (primary N) is 1. The fourth-order valence-electron chi connectivity index (χ4n) is 1.83. The highest BCUT2D eigenvalue weighted by Crippen LogP contribution is 2.18. The predicted octanol–water partition coefficient (Wildman–Crippen LogP) is 1.35. The van der Waals surface area contributed by atoms with Crippen molar-refractivity contribution >= 4 is 21.7 Å². The van der Waals surface area contributed by atoms with Gasteiger partial charge in [0.05, 0.1) is 16.7 Å². The quantitative estimate of drug-likeness (QED) is 0.657. The van der Waals surface area contributed by atoms with Gasteiger partial charge in [-0.25, -0.2) is 15.6 Å². The lowest BCUT2D eigenvalue weighted by atomic mass is 10.2. The van der Waals surface area contributed by atoms with E-state index in [1.165, 1.54) is 0 Å². The Bertz CT molecular complexity index is 668. The second-order valence-electron chi connectivity index (χ2n) is 4.12. The van der Waals surface area contributed by atoms with Gasteiger partial charge >= 0.3 is 5.69 Å². The topological polar surface area (TPSA) is 85.8 Å². The van der Waals surface area contributed by atoms with Gasteiger partial charge in [-0.1, -0.05) is 6.07 Å². The molecule has 6 nitrogen and oxygen atoms in total. The summed E-state index contributed by atoms with van der Waals surface area (Å²) >= 11 is 3.43. The lowest BCUT2D eigenvalue weighted by Gasteiger charge is -2.13. The number of aromatic nitrogens is 3. The smallest absolute Gasteiger partial charge is 0.308 e. The van der Waals surface area contributed by atoms with Crippen LogP contribution >= 0.6 is 15.9 Å². The maximum atomic E-state index is 12.0. The molecular weight excluding hydrogens is 310 g/mol. The van der Waals surface area contributed by atoms with Crippen LogP contribution in [0.2, 0.25) is 0 Å². The van der Waals surface area contributed by atoms with E-state index in [-0.39, 0.29) is 5.69 Å². The molecule has 7 heteroatoms. The van der Waals surface area contributed by atoms with Crippen LogP contribution in [0.5, 0.6) is 0 Å². The van der Waals surface area contributed by atoms with Gasteiger partial charge in [-0.05, 0) is 35.8 Å².